The molecule has 27 heavy (non-hydrogen) atoms. The average Bonchev–Trinajstić information content (AvgIpc) is 2.61. The summed E-state index contributed by atoms with van der Waals surface area (Å²) in [5.41, 5.74) is -0.184. The predicted molar refractivity (Wildman–Crippen MR) is 89.7 cm³/mol. The minimum Gasteiger partial charge on any atom is -0.550 e. The van der Waals surface area contributed by atoms with Gasteiger partial charge in [0.2, 0.25) is 0 Å². The van der Waals surface area contributed by atoms with Gasteiger partial charge in [0.25, 0.3) is 0 Å². The molecule has 0 atom stereocenters. The number of hydrogen-bond donors (Lipinski definition) is 1. The van der Waals surface area contributed by atoms with Gasteiger partial charge in [-0.25, -0.2) is 0 Å². The number of ether oxygens (including phenoxy) is 2. The van der Waals surface area contributed by atoms with Gasteiger partial charge < -0.3 is 24.5 Å². The van der Waals surface area contributed by atoms with Crippen molar-refractivity contribution in [3.05, 3.63) is 62.2 Å². The molecule has 0 amide bonds. The monoisotopic (exact) mass is 379 g/mol. The van der Waals surface area contributed by atoms with Crippen LogP contribution in [0.15, 0.2) is 36.4 Å². The number of phenolic OH excluding ortho intramolecular Hbond substituents is 1. The zero-order valence-corrected chi connectivity index (χ0v) is 14.3. The quantitative estimate of drug-likeness (QED) is 0.573. The second-order valence-electron chi connectivity index (χ2n) is 4.93. The van der Waals surface area contributed by atoms with Crippen LogP contribution in [-0.4, -0.2) is 35.1 Å². The third-order valence-corrected chi connectivity index (χ3v) is 3.15. The van der Waals surface area contributed by atoms with Crippen LogP contribution in [0.25, 0.3) is 0 Å². The maximum Gasteiger partial charge on any atom is 0.314 e. The predicted octanol–water partition coefficient (Wildman–Crippen LogP) is 1.20. The minimum atomic E-state index is -1.28. The Labute approximate surface area is 152 Å². The Balaban J connectivity index is 0.000000277. The van der Waals surface area contributed by atoms with Crippen LogP contribution in [0.5, 0.6) is 17.2 Å². The molecule has 0 aliphatic rings. The first kappa shape index (κ1) is 21.2. The molecule has 0 heterocycles. The minimum absolute atomic E-state index is 0.0992. The summed E-state index contributed by atoms with van der Waals surface area (Å²) in [6.45, 7) is 0. The van der Waals surface area contributed by atoms with E-state index in [1.807, 2.05) is 0 Å². The Hall–Kier alpha value is -3.89. The first-order chi connectivity index (χ1) is 12.7. The molecule has 0 unspecified atom stereocenters. The number of carbonyl (C=O) groups is 1. The van der Waals surface area contributed by atoms with Crippen LogP contribution in [0.1, 0.15) is 5.56 Å². The molecule has 0 aliphatic heterocycles. The molecule has 144 valence electrons. The molecular formula is C16H15N2O9-. The summed E-state index contributed by atoms with van der Waals surface area (Å²) in [7, 11) is 2.64. The van der Waals surface area contributed by atoms with Gasteiger partial charge in [0.15, 0.2) is 11.5 Å². The smallest absolute Gasteiger partial charge is 0.314 e. The van der Waals surface area contributed by atoms with Gasteiger partial charge in [0.05, 0.1) is 30.1 Å². The van der Waals surface area contributed by atoms with Crippen molar-refractivity contribution in [3.63, 3.8) is 0 Å². The number of aliphatic carboxylic acids is 1. The average molecular weight is 379 g/mol. The van der Waals surface area contributed by atoms with Crippen molar-refractivity contribution in [2.75, 3.05) is 14.2 Å². The molecule has 0 saturated heterocycles. The number of benzene rings is 2. The number of hydrogen-bond acceptors (Lipinski definition) is 9. The van der Waals surface area contributed by atoms with Crippen LogP contribution >= 0.6 is 0 Å². The van der Waals surface area contributed by atoms with Gasteiger partial charge >= 0.3 is 11.4 Å². The molecule has 0 fully saturated rings. The van der Waals surface area contributed by atoms with Crippen molar-refractivity contribution in [2.24, 2.45) is 0 Å². The molecular weight excluding hydrogens is 364 g/mol. The van der Waals surface area contributed by atoms with Crippen LogP contribution in [0.4, 0.5) is 11.4 Å². The van der Waals surface area contributed by atoms with Gasteiger partial charge in [0, 0.05) is 18.5 Å². The third-order valence-electron chi connectivity index (χ3n) is 3.15. The lowest BCUT2D eigenvalue weighted by molar-refractivity contribution is -0.386. The SMILES string of the molecule is COc1ccc(CC(=O)[O-])cc1[N+](=O)[O-].COc1ccc(O)cc1[N+](=O)[O-]. The Morgan fingerprint density at radius 2 is 1.44 bits per heavy atom. The van der Waals surface area contributed by atoms with Crippen molar-refractivity contribution in [2.45, 2.75) is 6.42 Å². The zero-order chi connectivity index (χ0) is 20.6. The maximum absolute atomic E-state index is 10.6. The van der Waals surface area contributed by atoms with Gasteiger partial charge in [-0.1, -0.05) is 6.07 Å². The van der Waals surface area contributed by atoms with E-state index in [4.69, 9.17) is 14.6 Å². The molecule has 0 radical (unpaired) electrons. The lowest BCUT2D eigenvalue weighted by Crippen LogP contribution is -2.24. The first-order valence-corrected chi connectivity index (χ1v) is 7.22. The van der Waals surface area contributed by atoms with Crippen LogP contribution < -0.4 is 14.6 Å². The van der Waals surface area contributed by atoms with Crippen molar-refractivity contribution in [3.8, 4) is 17.2 Å². The first-order valence-electron chi connectivity index (χ1n) is 7.22. The maximum atomic E-state index is 10.6. The Morgan fingerprint density at radius 3 is 1.89 bits per heavy atom. The Morgan fingerprint density at radius 1 is 0.963 bits per heavy atom. The van der Waals surface area contributed by atoms with Crippen LogP contribution in [0, 0.1) is 20.2 Å². The number of carboxylic acids is 1. The highest BCUT2D eigenvalue weighted by Crippen LogP contribution is 2.30. The zero-order valence-electron chi connectivity index (χ0n) is 14.3. The second-order valence-corrected chi connectivity index (χ2v) is 4.93. The van der Waals surface area contributed by atoms with E-state index in [1.54, 1.807) is 0 Å². The van der Waals surface area contributed by atoms with E-state index in [9.17, 15) is 30.1 Å². The summed E-state index contributed by atoms with van der Waals surface area (Å²) in [5, 5.41) is 40.1. The molecule has 2 aromatic carbocycles. The van der Waals surface area contributed by atoms with Gasteiger partial charge in [-0.3, -0.25) is 20.2 Å². The largest absolute Gasteiger partial charge is 0.550 e. The van der Waals surface area contributed by atoms with Crippen LogP contribution in [0.3, 0.4) is 0 Å². The summed E-state index contributed by atoms with van der Waals surface area (Å²) in [4.78, 5) is 30.0. The normalized spacial score (nSPS) is 9.56. The highest BCUT2D eigenvalue weighted by molar-refractivity contribution is 5.68. The van der Waals surface area contributed by atoms with Crippen molar-refractivity contribution >= 4 is 17.3 Å². The molecule has 11 heteroatoms. The Kier molecular flexibility index (Phi) is 7.49. The number of carboxylic acid groups (broad SMARTS) is 1. The van der Waals surface area contributed by atoms with Crippen molar-refractivity contribution in [1.29, 1.82) is 0 Å². The summed E-state index contributed by atoms with van der Waals surface area (Å²) in [6.07, 6.45) is -0.356. The number of nitrogens with zero attached hydrogens (tertiary/aromatic N) is 2. The lowest BCUT2D eigenvalue weighted by atomic mass is 10.1. The molecule has 0 spiro atoms. The molecule has 1 N–H and O–H groups in total. The molecule has 0 aromatic heterocycles. The van der Waals surface area contributed by atoms with Crippen LogP contribution in [0.2, 0.25) is 0 Å². The summed E-state index contributed by atoms with van der Waals surface area (Å²) < 4.78 is 9.47. The Bertz CT molecular complexity index is 852. The van der Waals surface area contributed by atoms with Gasteiger partial charge in [-0.15, -0.1) is 0 Å². The molecule has 11 nitrogen and oxygen atoms in total. The van der Waals surface area contributed by atoms with E-state index in [0.717, 1.165) is 12.1 Å². The number of phenols is 1. The highest BCUT2D eigenvalue weighted by Gasteiger charge is 2.15. The molecule has 0 aliphatic carbocycles. The molecule has 0 saturated carbocycles. The number of nitro benzene ring substituents is 2. The van der Waals surface area contributed by atoms with E-state index >= 15 is 0 Å². The molecule has 2 aromatic rings. The van der Waals surface area contributed by atoms with E-state index < -0.39 is 15.8 Å². The number of aromatic hydroxyl groups is 1. The number of carbonyl (C=O) groups excluding carboxylic acids is 1. The number of nitro groups is 2. The topological polar surface area (TPSA) is 165 Å². The van der Waals surface area contributed by atoms with Crippen molar-refractivity contribution < 1.29 is 34.3 Å². The fourth-order valence-corrected chi connectivity index (χ4v) is 1.98. The van der Waals surface area contributed by atoms with Crippen LogP contribution in [-0.2, 0) is 11.2 Å². The van der Waals surface area contributed by atoms with Gasteiger partial charge in [-0.2, -0.15) is 0 Å². The number of methoxy groups -OCH3 is 2. The third kappa shape index (κ3) is 6.16. The molecule has 0 bridgehead atoms. The molecule has 2 rings (SSSR count). The van der Waals surface area contributed by atoms with E-state index in [2.05, 4.69) is 0 Å². The summed E-state index contributed by atoms with van der Waals surface area (Å²) in [5.74, 6) is -1.20. The van der Waals surface area contributed by atoms with Gasteiger partial charge in [0.1, 0.15) is 5.75 Å². The van der Waals surface area contributed by atoms with E-state index in [-0.39, 0.29) is 35.0 Å². The standard InChI is InChI=1S/C9H9NO5.C7H7NO4/c1-15-8-3-2-6(5-9(11)12)4-7(8)10(13)14;1-12-7-3-2-5(9)4-6(7)8(10)11/h2-4H,5H2,1H3,(H,11,12);2-4,9H,1H3/p-1. The summed E-state index contributed by atoms with van der Waals surface area (Å²) in [6, 6.07) is 7.67. The van der Waals surface area contributed by atoms with E-state index in [0.29, 0.717) is 5.56 Å². The van der Waals surface area contributed by atoms with Crippen molar-refractivity contribution in [1.82, 2.24) is 0 Å². The summed E-state index contributed by atoms with van der Waals surface area (Å²) >= 11 is 0. The van der Waals surface area contributed by atoms with E-state index in [1.165, 1.54) is 38.5 Å². The number of rotatable bonds is 6. The lowest BCUT2D eigenvalue weighted by Gasteiger charge is -2.05. The van der Waals surface area contributed by atoms with Gasteiger partial charge in [-0.05, 0) is 23.8 Å². The highest BCUT2D eigenvalue weighted by atomic mass is 16.6. The fraction of sp³-hybridized carbons (Fsp3) is 0.188. The fourth-order valence-electron chi connectivity index (χ4n) is 1.98. The second kappa shape index (κ2) is 9.56.